The second-order valence-corrected chi connectivity index (χ2v) is 4.64. The molecule has 0 bridgehead atoms. The summed E-state index contributed by atoms with van der Waals surface area (Å²) in [6.45, 7) is 3.28. The van der Waals surface area contributed by atoms with Crippen LogP contribution in [0.1, 0.15) is 17.5 Å². The molecule has 0 aromatic heterocycles. The molecule has 0 aliphatic heterocycles. The number of rotatable bonds is 4. The van der Waals surface area contributed by atoms with Crippen LogP contribution in [0.15, 0.2) is 12.1 Å². The number of hydrogen-bond donors (Lipinski definition) is 0. The molecular formula is C12H13F2NO3. The highest BCUT2D eigenvalue weighted by Crippen LogP contribution is 2.48. The van der Waals surface area contributed by atoms with E-state index >= 15 is 0 Å². The van der Waals surface area contributed by atoms with Crippen LogP contribution in [-0.4, -0.2) is 17.5 Å². The van der Waals surface area contributed by atoms with E-state index in [1.807, 2.05) is 0 Å². The van der Waals surface area contributed by atoms with Crippen molar-refractivity contribution in [3.05, 3.63) is 33.4 Å². The highest BCUT2D eigenvalue weighted by molar-refractivity contribution is 5.48. The maximum absolute atomic E-state index is 12.7. The number of halogens is 2. The molecule has 0 radical (unpaired) electrons. The van der Waals surface area contributed by atoms with E-state index in [2.05, 4.69) is 0 Å². The number of benzene rings is 1. The van der Waals surface area contributed by atoms with Crippen LogP contribution in [0.5, 0.6) is 5.75 Å². The van der Waals surface area contributed by atoms with Crippen LogP contribution in [0.2, 0.25) is 0 Å². The SMILES string of the molecule is Cc1cc([N+](=O)[O-])cc(C)c1OCC1CC1(F)F. The molecule has 1 aromatic rings. The summed E-state index contributed by atoms with van der Waals surface area (Å²) in [5.41, 5.74) is 1.16. The van der Waals surface area contributed by atoms with Gasteiger partial charge >= 0.3 is 0 Å². The fourth-order valence-corrected chi connectivity index (χ4v) is 1.89. The van der Waals surface area contributed by atoms with Gasteiger partial charge in [0.2, 0.25) is 0 Å². The Bertz CT molecular complexity index is 479. The maximum atomic E-state index is 12.7. The smallest absolute Gasteiger partial charge is 0.270 e. The number of nitro benzene ring substituents is 1. The molecule has 1 unspecified atom stereocenters. The summed E-state index contributed by atoms with van der Waals surface area (Å²) in [4.78, 5) is 10.2. The second-order valence-electron chi connectivity index (χ2n) is 4.64. The lowest BCUT2D eigenvalue weighted by Crippen LogP contribution is -2.07. The summed E-state index contributed by atoms with van der Waals surface area (Å²) >= 11 is 0. The molecule has 98 valence electrons. The Kier molecular flexibility index (Phi) is 2.96. The minimum atomic E-state index is -2.61. The van der Waals surface area contributed by atoms with Crippen molar-refractivity contribution < 1.29 is 18.4 Å². The highest BCUT2D eigenvalue weighted by atomic mass is 19.3. The summed E-state index contributed by atoms with van der Waals surface area (Å²) in [5, 5.41) is 10.6. The topological polar surface area (TPSA) is 52.4 Å². The lowest BCUT2D eigenvalue weighted by molar-refractivity contribution is -0.385. The summed E-state index contributed by atoms with van der Waals surface area (Å²) in [6.07, 6.45) is -0.141. The molecule has 2 rings (SSSR count). The summed E-state index contributed by atoms with van der Waals surface area (Å²) in [5.74, 6) is -2.88. The van der Waals surface area contributed by atoms with Crippen molar-refractivity contribution in [2.45, 2.75) is 26.2 Å². The van der Waals surface area contributed by atoms with E-state index in [1.54, 1.807) is 13.8 Å². The van der Waals surface area contributed by atoms with Crippen LogP contribution in [0.4, 0.5) is 14.5 Å². The van der Waals surface area contributed by atoms with Crippen LogP contribution in [0, 0.1) is 29.9 Å². The van der Waals surface area contributed by atoms with E-state index in [1.165, 1.54) is 12.1 Å². The van der Waals surface area contributed by atoms with Crippen molar-refractivity contribution in [3.8, 4) is 5.75 Å². The van der Waals surface area contributed by atoms with Gasteiger partial charge in [-0.15, -0.1) is 0 Å². The van der Waals surface area contributed by atoms with Gasteiger partial charge in [-0.3, -0.25) is 10.1 Å². The Morgan fingerprint density at radius 2 is 1.94 bits per heavy atom. The zero-order valence-corrected chi connectivity index (χ0v) is 10.1. The van der Waals surface area contributed by atoms with Crippen LogP contribution < -0.4 is 4.74 Å². The molecule has 1 aliphatic carbocycles. The van der Waals surface area contributed by atoms with Gasteiger partial charge < -0.3 is 4.74 Å². The monoisotopic (exact) mass is 257 g/mol. The minimum Gasteiger partial charge on any atom is -0.493 e. The molecule has 0 amide bonds. The van der Waals surface area contributed by atoms with Crippen molar-refractivity contribution in [1.29, 1.82) is 0 Å². The molecule has 1 aromatic carbocycles. The van der Waals surface area contributed by atoms with Gasteiger partial charge in [0.25, 0.3) is 11.6 Å². The van der Waals surface area contributed by atoms with Gasteiger partial charge in [0.05, 0.1) is 17.4 Å². The summed E-state index contributed by atoms with van der Waals surface area (Å²) in [7, 11) is 0. The number of hydrogen-bond acceptors (Lipinski definition) is 3. The summed E-state index contributed by atoms with van der Waals surface area (Å²) < 4.78 is 30.8. The summed E-state index contributed by atoms with van der Waals surface area (Å²) in [6, 6.07) is 2.76. The van der Waals surface area contributed by atoms with Gasteiger partial charge in [-0.2, -0.15) is 0 Å². The molecular weight excluding hydrogens is 244 g/mol. The molecule has 0 heterocycles. The molecule has 0 spiro atoms. The number of non-ortho nitro benzene ring substituents is 1. The molecule has 4 nitrogen and oxygen atoms in total. The van der Waals surface area contributed by atoms with Crippen LogP contribution in [0.25, 0.3) is 0 Å². The molecule has 18 heavy (non-hydrogen) atoms. The van der Waals surface area contributed by atoms with Crippen molar-refractivity contribution >= 4 is 5.69 Å². The average molecular weight is 257 g/mol. The quantitative estimate of drug-likeness (QED) is 0.614. The normalized spacial score (nSPS) is 20.6. The molecule has 1 saturated carbocycles. The zero-order valence-electron chi connectivity index (χ0n) is 10.1. The zero-order chi connectivity index (χ0) is 13.5. The Balaban J connectivity index is 2.11. The fraction of sp³-hybridized carbons (Fsp3) is 0.500. The van der Waals surface area contributed by atoms with Crippen molar-refractivity contribution in [2.24, 2.45) is 5.92 Å². The molecule has 1 atom stereocenters. The van der Waals surface area contributed by atoms with Gasteiger partial charge in [0, 0.05) is 18.6 Å². The first-order valence-corrected chi connectivity index (χ1v) is 5.57. The van der Waals surface area contributed by atoms with Crippen molar-refractivity contribution in [3.63, 3.8) is 0 Å². The first-order valence-electron chi connectivity index (χ1n) is 5.57. The average Bonchev–Trinajstić information content (AvgIpc) is 2.84. The Hall–Kier alpha value is -1.72. The number of aryl methyl sites for hydroxylation is 2. The van der Waals surface area contributed by atoms with E-state index in [4.69, 9.17) is 4.74 Å². The standard InChI is InChI=1S/C12H13F2NO3/c1-7-3-10(15(16)17)4-8(2)11(7)18-6-9-5-12(9,13)14/h3-4,9H,5-6H2,1-2H3. The number of ether oxygens (including phenoxy) is 1. The molecule has 1 aliphatic rings. The Morgan fingerprint density at radius 1 is 1.44 bits per heavy atom. The first kappa shape index (κ1) is 12.7. The Morgan fingerprint density at radius 3 is 2.33 bits per heavy atom. The van der Waals surface area contributed by atoms with Crippen LogP contribution in [0.3, 0.4) is 0 Å². The van der Waals surface area contributed by atoms with E-state index in [0.717, 1.165) is 0 Å². The van der Waals surface area contributed by atoms with Crippen LogP contribution in [-0.2, 0) is 0 Å². The van der Waals surface area contributed by atoms with E-state index in [-0.39, 0.29) is 18.7 Å². The maximum Gasteiger partial charge on any atom is 0.270 e. The molecule has 1 fully saturated rings. The van der Waals surface area contributed by atoms with Gasteiger partial charge in [-0.25, -0.2) is 8.78 Å². The van der Waals surface area contributed by atoms with E-state index in [9.17, 15) is 18.9 Å². The van der Waals surface area contributed by atoms with Gasteiger partial charge in [-0.05, 0) is 25.0 Å². The van der Waals surface area contributed by atoms with Crippen molar-refractivity contribution in [1.82, 2.24) is 0 Å². The molecule has 6 heteroatoms. The minimum absolute atomic E-state index is 0.0194. The molecule has 0 N–H and O–H groups in total. The Labute approximate surface area is 103 Å². The predicted octanol–water partition coefficient (Wildman–Crippen LogP) is 3.25. The second kappa shape index (κ2) is 4.19. The fourth-order valence-electron chi connectivity index (χ4n) is 1.89. The third-order valence-electron chi connectivity index (χ3n) is 3.04. The van der Waals surface area contributed by atoms with Gasteiger partial charge in [-0.1, -0.05) is 0 Å². The van der Waals surface area contributed by atoms with Crippen LogP contribution >= 0.6 is 0 Å². The third-order valence-corrected chi connectivity index (χ3v) is 3.04. The van der Waals surface area contributed by atoms with Crippen molar-refractivity contribution in [2.75, 3.05) is 6.61 Å². The largest absolute Gasteiger partial charge is 0.493 e. The van der Waals surface area contributed by atoms with Gasteiger partial charge in [0.1, 0.15) is 5.75 Å². The lowest BCUT2D eigenvalue weighted by Gasteiger charge is -2.11. The van der Waals surface area contributed by atoms with Gasteiger partial charge in [0.15, 0.2) is 0 Å². The number of nitro groups is 1. The lowest BCUT2D eigenvalue weighted by atomic mass is 10.1. The third kappa shape index (κ3) is 2.42. The number of alkyl halides is 2. The predicted molar refractivity (Wildman–Crippen MR) is 61.1 cm³/mol. The van der Waals surface area contributed by atoms with E-state index < -0.39 is 16.8 Å². The highest BCUT2D eigenvalue weighted by Gasteiger charge is 2.57. The first-order chi connectivity index (χ1) is 8.31. The molecule has 0 saturated heterocycles. The number of nitrogens with zero attached hydrogens (tertiary/aromatic N) is 1. The van der Waals surface area contributed by atoms with E-state index in [0.29, 0.717) is 16.9 Å².